The van der Waals surface area contributed by atoms with Crippen molar-refractivity contribution in [2.75, 3.05) is 6.54 Å². The molecule has 0 radical (unpaired) electrons. The minimum atomic E-state index is 0.568. The number of benzene rings is 1. The summed E-state index contributed by atoms with van der Waals surface area (Å²) in [6.07, 6.45) is 8.70. The highest BCUT2D eigenvalue weighted by Gasteiger charge is 2.77. The lowest BCUT2D eigenvalue weighted by Gasteiger charge is -2.83. The molecule has 1 N–H and O–H groups in total. The van der Waals surface area contributed by atoms with Gasteiger partial charge in [-0.3, -0.25) is 0 Å². The van der Waals surface area contributed by atoms with Gasteiger partial charge in [-0.15, -0.1) is 0 Å². The highest BCUT2D eigenvalue weighted by atomic mass is 15.0. The smallest absolute Gasteiger partial charge is 0.0320 e. The fraction of sp³-hybridized carbons (Fsp3) is 0.714. The van der Waals surface area contributed by atoms with Crippen molar-refractivity contribution in [3.8, 4) is 0 Å². The number of hydrogen-bond acceptors (Lipinski definition) is 1. The van der Waals surface area contributed by atoms with Gasteiger partial charge in [-0.2, -0.15) is 0 Å². The molecule has 4 fully saturated rings. The zero-order valence-corrected chi connectivity index (χ0v) is 13.8. The molecule has 0 spiro atoms. The van der Waals surface area contributed by atoms with E-state index in [2.05, 4.69) is 42.6 Å². The summed E-state index contributed by atoms with van der Waals surface area (Å²) in [6.45, 7) is 3.61. The molecule has 0 heterocycles. The van der Waals surface area contributed by atoms with Crippen LogP contribution in [0.15, 0.2) is 30.3 Å². The molecule has 0 aliphatic heterocycles. The molecule has 118 valence electrons. The molecule has 7 atom stereocenters. The lowest BCUT2D eigenvalue weighted by atomic mass is 9.22. The maximum atomic E-state index is 4.01. The van der Waals surface area contributed by atoms with E-state index in [0.717, 1.165) is 29.1 Å². The van der Waals surface area contributed by atoms with Crippen LogP contribution in [0.4, 0.5) is 0 Å². The third-order valence-corrected chi connectivity index (χ3v) is 8.00. The predicted octanol–water partition coefficient (Wildman–Crippen LogP) is 4.80. The zero-order chi connectivity index (χ0) is 14.7. The lowest BCUT2D eigenvalue weighted by Crippen LogP contribution is -2.79. The van der Waals surface area contributed by atoms with Gasteiger partial charge in [0.15, 0.2) is 0 Å². The first-order valence-corrected chi connectivity index (χ1v) is 9.63. The van der Waals surface area contributed by atoms with Crippen LogP contribution in [0.5, 0.6) is 0 Å². The summed E-state index contributed by atoms with van der Waals surface area (Å²) in [7, 11) is 0. The van der Waals surface area contributed by atoms with E-state index < -0.39 is 0 Å². The van der Waals surface area contributed by atoms with Gasteiger partial charge in [-0.25, -0.2) is 0 Å². The van der Waals surface area contributed by atoms with Gasteiger partial charge < -0.3 is 5.32 Å². The molecule has 5 rings (SSSR count). The van der Waals surface area contributed by atoms with Crippen molar-refractivity contribution in [3.63, 3.8) is 0 Å². The Bertz CT molecular complexity index is 552. The fourth-order valence-corrected chi connectivity index (χ4v) is 6.80. The van der Waals surface area contributed by atoms with E-state index in [0.29, 0.717) is 6.04 Å². The molecule has 4 saturated carbocycles. The van der Waals surface area contributed by atoms with Gasteiger partial charge in [0, 0.05) is 12.6 Å². The van der Waals surface area contributed by atoms with Crippen LogP contribution in [-0.2, 0) is 0 Å². The molecule has 6 unspecified atom stereocenters. The van der Waals surface area contributed by atoms with Crippen LogP contribution in [0.3, 0.4) is 0 Å². The number of rotatable bonds is 6. The Kier molecular flexibility index (Phi) is 2.99. The molecule has 1 heteroatoms. The van der Waals surface area contributed by atoms with Gasteiger partial charge in [0.25, 0.3) is 0 Å². The second kappa shape index (κ2) is 4.84. The molecular formula is C21H29N. The van der Waals surface area contributed by atoms with Crippen LogP contribution in [-0.4, -0.2) is 6.54 Å². The fourth-order valence-electron chi connectivity index (χ4n) is 6.80. The van der Waals surface area contributed by atoms with Gasteiger partial charge in [0.2, 0.25) is 0 Å². The Labute approximate surface area is 134 Å². The Hall–Kier alpha value is -0.820. The maximum Gasteiger partial charge on any atom is 0.0320 e. The maximum absolute atomic E-state index is 4.01. The average Bonchev–Trinajstić information content (AvgIpc) is 2.51. The molecule has 4 aliphatic rings. The Morgan fingerprint density at radius 1 is 1.14 bits per heavy atom. The molecule has 0 aromatic heterocycles. The van der Waals surface area contributed by atoms with Gasteiger partial charge in [0.05, 0.1) is 0 Å². The zero-order valence-electron chi connectivity index (χ0n) is 13.8. The van der Waals surface area contributed by atoms with E-state index in [9.17, 15) is 0 Å². The van der Waals surface area contributed by atoms with E-state index in [1.165, 1.54) is 43.7 Å². The van der Waals surface area contributed by atoms with Crippen molar-refractivity contribution in [3.05, 3.63) is 35.9 Å². The number of fused-ring (bicyclic) bond motifs is 7. The SMILES string of the molecule is CCC[C@H](NCC12CCC1C1C3CCC3C12)c1ccccc1. The normalized spacial score (nSPS) is 45.0. The lowest BCUT2D eigenvalue weighted by molar-refractivity contribution is -0.343. The van der Waals surface area contributed by atoms with Crippen molar-refractivity contribution in [2.45, 2.75) is 51.5 Å². The van der Waals surface area contributed by atoms with E-state index in [-0.39, 0.29) is 0 Å². The van der Waals surface area contributed by atoms with E-state index in [1.54, 1.807) is 12.8 Å². The Morgan fingerprint density at radius 2 is 1.95 bits per heavy atom. The van der Waals surface area contributed by atoms with Crippen LogP contribution >= 0.6 is 0 Å². The van der Waals surface area contributed by atoms with E-state index in [1.807, 2.05) is 0 Å². The summed E-state index contributed by atoms with van der Waals surface area (Å²) in [5, 5.41) is 4.01. The van der Waals surface area contributed by atoms with E-state index >= 15 is 0 Å². The van der Waals surface area contributed by atoms with Crippen molar-refractivity contribution in [1.82, 2.24) is 5.32 Å². The van der Waals surface area contributed by atoms with Crippen molar-refractivity contribution >= 4 is 0 Å². The van der Waals surface area contributed by atoms with Crippen LogP contribution < -0.4 is 5.32 Å². The quantitative estimate of drug-likeness (QED) is 0.795. The van der Waals surface area contributed by atoms with Crippen LogP contribution in [0.2, 0.25) is 0 Å². The largest absolute Gasteiger partial charge is 0.309 e. The average molecular weight is 295 g/mol. The van der Waals surface area contributed by atoms with Crippen LogP contribution in [0.1, 0.15) is 57.1 Å². The first-order chi connectivity index (χ1) is 10.8. The topological polar surface area (TPSA) is 12.0 Å². The Balaban J connectivity index is 1.28. The highest BCUT2D eigenvalue weighted by molar-refractivity contribution is 5.27. The van der Waals surface area contributed by atoms with Gasteiger partial charge in [-0.05, 0) is 72.7 Å². The van der Waals surface area contributed by atoms with Gasteiger partial charge in [0.1, 0.15) is 0 Å². The number of nitrogens with one attached hydrogen (secondary N) is 1. The summed E-state index contributed by atoms with van der Waals surface area (Å²) in [5.41, 5.74) is 2.22. The standard InChI is InChI=1S/C21H29N/c1-2-6-18(14-7-4-3-5-8-14)22-13-21-12-11-17(21)19-15-9-10-16(15)20(19)21/h3-5,7-8,15-20,22H,2,6,9-13H2,1H3/t15?,16?,17?,18-,19?,20?,21?/m0/s1. The molecule has 1 nitrogen and oxygen atoms in total. The molecule has 1 aromatic rings. The molecular weight excluding hydrogens is 266 g/mol. The molecule has 1 aromatic carbocycles. The van der Waals surface area contributed by atoms with Crippen molar-refractivity contribution in [2.24, 2.45) is 35.0 Å². The third-order valence-electron chi connectivity index (χ3n) is 8.00. The Morgan fingerprint density at radius 3 is 2.59 bits per heavy atom. The van der Waals surface area contributed by atoms with Gasteiger partial charge in [-0.1, -0.05) is 43.7 Å². The second-order valence-corrected chi connectivity index (χ2v) is 8.52. The first-order valence-electron chi connectivity index (χ1n) is 9.63. The monoisotopic (exact) mass is 295 g/mol. The third kappa shape index (κ3) is 1.59. The summed E-state index contributed by atoms with van der Waals surface area (Å²) < 4.78 is 0. The molecule has 0 bridgehead atoms. The summed E-state index contributed by atoms with van der Waals surface area (Å²) in [6, 6.07) is 11.7. The van der Waals surface area contributed by atoms with Crippen molar-refractivity contribution < 1.29 is 0 Å². The number of hydrogen-bond donors (Lipinski definition) is 1. The van der Waals surface area contributed by atoms with Gasteiger partial charge >= 0.3 is 0 Å². The van der Waals surface area contributed by atoms with Crippen LogP contribution in [0.25, 0.3) is 0 Å². The molecule has 4 aliphatic carbocycles. The molecule has 22 heavy (non-hydrogen) atoms. The minimum absolute atomic E-state index is 0.568. The van der Waals surface area contributed by atoms with Crippen molar-refractivity contribution in [1.29, 1.82) is 0 Å². The molecule has 0 saturated heterocycles. The molecule has 0 amide bonds. The van der Waals surface area contributed by atoms with E-state index in [4.69, 9.17) is 0 Å². The highest BCUT2D eigenvalue weighted by Crippen LogP contribution is 2.82. The summed E-state index contributed by atoms with van der Waals surface area (Å²) in [5.74, 6) is 5.70. The predicted molar refractivity (Wildman–Crippen MR) is 90.4 cm³/mol. The second-order valence-electron chi connectivity index (χ2n) is 8.52. The summed E-state index contributed by atoms with van der Waals surface area (Å²) in [4.78, 5) is 0. The van der Waals surface area contributed by atoms with Crippen LogP contribution in [0, 0.1) is 35.0 Å². The first kappa shape index (κ1) is 13.6. The minimum Gasteiger partial charge on any atom is -0.309 e. The summed E-state index contributed by atoms with van der Waals surface area (Å²) >= 11 is 0.